The SMILES string of the molecule is C=CCc1cc(CNc2cc(C)ccc2C)cc(OCC)c1OCc1ccc([N+](=O)[O-])cc1. The average Bonchev–Trinajstić information content (AvgIpc) is 2.80. The molecule has 6 heteroatoms. The first-order chi connectivity index (χ1) is 15.9. The van der Waals surface area contributed by atoms with Gasteiger partial charge in [-0.25, -0.2) is 0 Å². The molecular weight excluding hydrogens is 416 g/mol. The van der Waals surface area contributed by atoms with E-state index >= 15 is 0 Å². The molecule has 0 saturated carbocycles. The molecule has 33 heavy (non-hydrogen) atoms. The smallest absolute Gasteiger partial charge is 0.269 e. The fourth-order valence-electron chi connectivity index (χ4n) is 3.55. The van der Waals surface area contributed by atoms with Crippen LogP contribution in [0.5, 0.6) is 11.5 Å². The molecule has 0 aromatic heterocycles. The lowest BCUT2D eigenvalue weighted by Crippen LogP contribution is -2.06. The zero-order chi connectivity index (χ0) is 23.8. The molecular formula is C27H30N2O4. The van der Waals surface area contributed by atoms with Crippen LogP contribution in [0.15, 0.2) is 67.3 Å². The Morgan fingerprint density at radius 2 is 1.79 bits per heavy atom. The Balaban J connectivity index is 1.83. The second-order valence-corrected chi connectivity index (χ2v) is 7.89. The molecule has 0 fully saturated rings. The molecule has 0 heterocycles. The first kappa shape index (κ1) is 23.9. The van der Waals surface area contributed by atoms with Gasteiger partial charge >= 0.3 is 0 Å². The number of non-ortho nitro benzene ring substituents is 1. The molecule has 0 aliphatic rings. The van der Waals surface area contributed by atoms with Gasteiger partial charge in [-0.3, -0.25) is 10.1 Å². The Labute approximate surface area is 195 Å². The van der Waals surface area contributed by atoms with E-state index in [2.05, 4.69) is 50.0 Å². The Bertz CT molecular complexity index is 1120. The van der Waals surface area contributed by atoms with E-state index in [9.17, 15) is 10.1 Å². The van der Waals surface area contributed by atoms with Crippen molar-refractivity contribution in [3.8, 4) is 11.5 Å². The van der Waals surface area contributed by atoms with Gasteiger partial charge in [0.2, 0.25) is 0 Å². The maximum Gasteiger partial charge on any atom is 0.269 e. The molecule has 0 saturated heterocycles. The third kappa shape index (κ3) is 6.35. The summed E-state index contributed by atoms with van der Waals surface area (Å²) in [6.45, 7) is 11.4. The predicted octanol–water partition coefficient (Wildman–Crippen LogP) is 6.53. The molecule has 0 bridgehead atoms. The van der Waals surface area contributed by atoms with Gasteiger partial charge in [0, 0.05) is 29.9 Å². The number of hydrogen-bond acceptors (Lipinski definition) is 5. The highest BCUT2D eigenvalue weighted by Crippen LogP contribution is 2.35. The molecule has 0 aliphatic carbocycles. The van der Waals surface area contributed by atoms with Crippen molar-refractivity contribution >= 4 is 11.4 Å². The molecule has 0 radical (unpaired) electrons. The van der Waals surface area contributed by atoms with Gasteiger partial charge in [-0.05, 0) is 79.8 Å². The highest BCUT2D eigenvalue weighted by atomic mass is 16.6. The number of allylic oxidation sites excluding steroid dienone is 1. The summed E-state index contributed by atoms with van der Waals surface area (Å²) in [6, 6.07) is 16.8. The number of nitro benzene ring substituents is 1. The standard InChI is InChI=1S/C27H30N2O4/c1-5-7-23-15-22(17-28-25-14-19(3)8-9-20(25)4)16-26(32-6-2)27(23)33-18-21-10-12-24(13-11-21)29(30)31/h5,8-16,28H,1,6-7,17-18H2,2-4H3. The Morgan fingerprint density at radius 3 is 2.45 bits per heavy atom. The maximum atomic E-state index is 10.9. The van der Waals surface area contributed by atoms with E-state index in [4.69, 9.17) is 9.47 Å². The van der Waals surface area contributed by atoms with Crippen molar-refractivity contribution < 1.29 is 14.4 Å². The lowest BCUT2D eigenvalue weighted by Gasteiger charge is -2.18. The van der Waals surface area contributed by atoms with E-state index in [0.29, 0.717) is 31.1 Å². The van der Waals surface area contributed by atoms with Crippen LogP contribution in [0.25, 0.3) is 0 Å². The molecule has 3 aromatic carbocycles. The fourth-order valence-corrected chi connectivity index (χ4v) is 3.55. The van der Waals surface area contributed by atoms with Crippen molar-refractivity contribution in [1.29, 1.82) is 0 Å². The first-order valence-corrected chi connectivity index (χ1v) is 11.0. The lowest BCUT2D eigenvalue weighted by atomic mass is 10.0. The number of anilines is 1. The summed E-state index contributed by atoms with van der Waals surface area (Å²) in [5, 5.41) is 14.4. The highest BCUT2D eigenvalue weighted by molar-refractivity contribution is 5.55. The molecule has 0 atom stereocenters. The van der Waals surface area contributed by atoms with Crippen molar-refractivity contribution in [2.24, 2.45) is 0 Å². The number of nitrogens with one attached hydrogen (secondary N) is 1. The summed E-state index contributed by atoms with van der Waals surface area (Å²) < 4.78 is 12.1. The Kier molecular flexibility index (Phi) is 8.08. The van der Waals surface area contributed by atoms with Crippen molar-refractivity contribution in [3.05, 3.63) is 105 Å². The third-order valence-corrected chi connectivity index (χ3v) is 5.26. The molecule has 3 rings (SSSR count). The number of aryl methyl sites for hydroxylation is 2. The predicted molar refractivity (Wildman–Crippen MR) is 132 cm³/mol. The van der Waals surface area contributed by atoms with Gasteiger partial charge in [0.25, 0.3) is 5.69 Å². The van der Waals surface area contributed by atoms with Crippen LogP contribution in [0.1, 0.15) is 34.7 Å². The average molecular weight is 447 g/mol. The molecule has 1 N–H and O–H groups in total. The number of hydrogen-bond donors (Lipinski definition) is 1. The van der Waals surface area contributed by atoms with Crippen LogP contribution in [0.2, 0.25) is 0 Å². The zero-order valence-corrected chi connectivity index (χ0v) is 19.4. The summed E-state index contributed by atoms with van der Waals surface area (Å²) in [7, 11) is 0. The minimum absolute atomic E-state index is 0.0572. The van der Waals surface area contributed by atoms with Crippen LogP contribution < -0.4 is 14.8 Å². The van der Waals surface area contributed by atoms with E-state index < -0.39 is 4.92 Å². The molecule has 0 aliphatic heterocycles. The van der Waals surface area contributed by atoms with Crippen molar-refractivity contribution in [3.63, 3.8) is 0 Å². The molecule has 0 spiro atoms. The van der Waals surface area contributed by atoms with Gasteiger partial charge in [-0.2, -0.15) is 0 Å². The molecule has 3 aromatic rings. The highest BCUT2D eigenvalue weighted by Gasteiger charge is 2.14. The largest absolute Gasteiger partial charge is 0.490 e. The summed E-state index contributed by atoms with van der Waals surface area (Å²) in [5.41, 5.74) is 6.47. The van der Waals surface area contributed by atoms with Crippen LogP contribution in [0.4, 0.5) is 11.4 Å². The number of rotatable bonds is 11. The van der Waals surface area contributed by atoms with Gasteiger partial charge in [-0.1, -0.05) is 18.2 Å². The van der Waals surface area contributed by atoms with E-state index in [1.54, 1.807) is 12.1 Å². The van der Waals surface area contributed by atoms with Crippen molar-refractivity contribution in [1.82, 2.24) is 0 Å². The molecule has 0 amide bonds. The first-order valence-electron chi connectivity index (χ1n) is 11.0. The second-order valence-electron chi connectivity index (χ2n) is 7.89. The van der Waals surface area contributed by atoms with Gasteiger partial charge in [-0.15, -0.1) is 6.58 Å². The Morgan fingerprint density at radius 1 is 1.03 bits per heavy atom. The number of benzene rings is 3. The summed E-state index contributed by atoms with van der Waals surface area (Å²) in [4.78, 5) is 10.5. The number of nitrogens with zero attached hydrogens (tertiary/aromatic N) is 1. The number of nitro groups is 1. The van der Waals surface area contributed by atoms with Gasteiger partial charge in [0.15, 0.2) is 11.5 Å². The van der Waals surface area contributed by atoms with E-state index in [1.807, 2.05) is 19.1 Å². The van der Waals surface area contributed by atoms with E-state index in [1.165, 1.54) is 23.3 Å². The van der Waals surface area contributed by atoms with Gasteiger partial charge in [0.05, 0.1) is 11.5 Å². The topological polar surface area (TPSA) is 73.6 Å². The minimum atomic E-state index is -0.412. The molecule has 172 valence electrons. The van der Waals surface area contributed by atoms with Crippen molar-refractivity contribution in [2.45, 2.75) is 40.3 Å². The summed E-state index contributed by atoms with van der Waals surface area (Å²) in [5.74, 6) is 1.35. The zero-order valence-electron chi connectivity index (χ0n) is 19.4. The maximum absolute atomic E-state index is 10.9. The number of ether oxygens (including phenoxy) is 2. The lowest BCUT2D eigenvalue weighted by molar-refractivity contribution is -0.384. The minimum Gasteiger partial charge on any atom is -0.490 e. The van der Waals surface area contributed by atoms with Crippen LogP contribution in [-0.4, -0.2) is 11.5 Å². The fraction of sp³-hybridized carbons (Fsp3) is 0.259. The van der Waals surface area contributed by atoms with E-state index in [-0.39, 0.29) is 12.3 Å². The van der Waals surface area contributed by atoms with Crippen LogP contribution in [0, 0.1) is 24.0 Å². The van der Waals surface area contributed by atoms with Gasteiger partial charge < -0.3 is 14.8 Å². The van der Waals surface area contributed by atoms with Crippen molar-refractivity contribution in [2.75, 3.05) is 11.9 Å². The molecule has 6 nitrogen and oxygen atoms in total. The normalized spacial score (nSPS) is 10.5. The second kappa shape index (κ2) is 11.2. The van der Waals surface area contributed by atoms with Gasteiger partial charge in [0.1, 0.15) is 6.61 Å². The molecule has 0 unspecified atom stereocenters. The van der Waals surface area contributed by atoms with Crippen LogP contribution >= 0.6 is 0 Å². The van der Waals surface area contributed by atoms with Crippen LogP contribution in [0.3, 0.4) is 0 Å². The van der Waals surface area contributed by atoms with Crippen LogP contribution in [-0.2, 0) is 19.6 Å². The monoisotopic (exact) mass is 446 g/mol. The summed E-state index contributed by atoms with van der Waals surface area (Å²) in [6.07, 6.45) is 2.47. The quantitative estimate of drug-likeness (QED) is 0.206. The Hall–Kier alpha value is -3.80. The van der Waals surface area contributed by atoms with E-state index in [0.717, 1.165) is 22.4 Å². The third-order valence-electron chi connectivity index (χ3n) is 5.26. The summed E-state index contributed by atoms with van der Waals surface area (Å²) >= 11 is 0.